The van der Waals surface area contributed by atoms with Gasteiger partial charge in [0.25, 0.3) is 0 Å². The molecule has 1 fully saturated rings. The van der Waals surface area contributed by atoms with Crippen LogP contribution in [0, 0.1) is 5.82 Å². The number of benzene rings is 2. The SMILES string of the molecule is Fc1ccc2c(c1)NC(c1ccccn1)N2c1ccc(OC2CCNCC2)cc1. The van der Waals surface area contributed by atoms with Crippen molar-refractivity contribution in [3.8, 4) is 5.75 Å². The van der Waals surface area contributed by atoms with Crippen LogP contribution in [0.1, 0.15) is 24.7 Å². The molecule has 0 aliphatic carbocycles. The van der Waals surface area contributed by atoms with Gasteiger partial charge in [0.2, 0.25) is 0 Å². The zero-order valence-electron chi connectivity index (χ0n) is 16.0. The number of ether oxygens (including phenoxy) is 1. The first-order valence-electron chi connectivity index (χ1n) is 10.0. The van der Waals surface area contributed by atoms with Crippen molar-refractivity contribution in [2.45, 2.75) is 25.1 Å². The lowest BCUT2D eigenvalue weighted by atomic mass is 10.1. The maximum absolute atomic E-state index is 13.8. The highest BCUT2D eigenvalue weighted by atomic mass is 19.1. The zero-order chi connectivity index (χ0) is 19.6. The smallest absolute Gasteiger partial charge is 0.147 e. The van der Waals surface area contributed by atoms with Gasteiger partial charge in [-0.2, -0.15) is 0 Å². The van der Waals surface area contributed by atoms with Crippen LogP contribution < -0.4 is 20.3 Å². The molecule has 2 aliphatic heterocycles. The molecule has 3 heterocycles. The molecule has 0 amide bonds. The van der Waals surface area contributed by atoms with Gasteiger partial charge >= 0.3 is 0 Å². The Morgan fingerprint density at radius 2 is 1.83 bits per heavy atom. The molecule has 2 N–H and O–H groups in total. The molecular weight excluding hydrogens is 367 g/mol. The third kappa shape index (κ3) is 3.63. The van der Waals surface area contributed by atoms with E-state index in [1.54, 1.807) is 12.3 Å². The van der Waals surface area contributed by atoms with Crippen molar-refractivity contribution in [2.75, 3.05) is 23.3 Å². The van der Waals surface area contributed by atoms with E-state index in [4.69, 9.17) is 4.74 Å². The number of fused-ring (bicyclic) bond motifs is 1. The highest BCUT2D eigenvalue weighted by Gasteiger charge is 2.32. The Bertz CT molecular complexity index is 974. The molecule has 5 nitrogen and oxygen atoms in total. The standard InChI is InChI=1S/C23H23FN4O/c24-16-4-9-22-21(15-16)27-23(20-3-1-2-12-26-20)28(22)17-5-7-18(8-6-17)29-19-10-13-25-14-11-19/h1-9,12,15,19,23,25,27H,10-11,13-14H2. The lowest BCUT2D eigenvalue weighted by Crippen LogP contribution is -2.34. The van der Waals surface area contributed by atoms with E-state index in [1.807, 2.05) is 42.5 Å². The summed E-state index contributed by atoms with van der Waals surface area (Å²) < 4.78 is 19.9. The van der Waals surface area contributed by atoms with Crippen molar-refractivity contribution in [2.24, 2.45) is 0 Å². The first-order chi connectivity index (χ1) is 14.3. The molecule has 0 bridgehead atoms. The first kappa shape index (κ1) is 17.9. The second-order valence-electron chi connectivity index (χ2n) is 7.39. The van der Waals surface area contributed by atoms with Crippen molar-refractivity contribution in [3.63, 3.8) is 0 Å². The largest absolute Gasteiger partial charge is 0.490 e. The highest BCUT2D eigenvalue weighted by molar-refractivity contribution is 5.83. The molecule has 0 spiro atoms. The van der Waals surface area contributed by atoms with Gasteiger partial charge in [0.15, 0.2) is 0 Å². The lowest BCUT2D eigenvalue weighted by Gasteiger charge is -2.27. The summed E-state index contributed by atoms with van der Waals surface area (Å²) >= 11 is 0. The Balaban J connectivity index is 1.45. The Kier molecular flexibility index (Phi) is 4.77. The molecular formula is C23H23FN4O. The number of anilines is 3. The van der Waals surface area contributed by atoms with Crippen LogP contribution in [0.15, 0.2) is 66.9 Å². The fourth-order valence-electron chi connectivity index (χ4n) is 4.01. The Labute approximate surface area is 169 Å². The summed E-state index contributed by atoms with van der Waals surface area (Å²) in [6.07, 6.45) is 3.89. The van der Waals surface area contributed by atoms with Crippen LogP contribution in [0.3, 0.4) is 0 Å². The molecule has 6 heteroatoms. The van der Waals surface area contributed by atoms with E-state index in [1.165, 1.54) is 12.1 Å². The average Bonchev–Trinajstić information content (AvgIpc) is 3.14. The Hall–Kier alpha value is -3.12. The fraction of sp³-hybridized carbons (Fsp3) is 0.261. The van der Waals surface area contributed by atoms with Gasteiger partial charge in [0, 0.05) is 11.9 Å². The van der Waals surface area contributed by atoms with E-state index in [0.29, 0.717) is 0 Å². The molecule has 2 aliphatic rings. The van der Waals surface area contributed by atoms with Gasteiger partial charge in [0.1, 0.15) is 23.8 Å². The molecule has 3 aromatic rings. The summed E-state index contributed by atoms with van der Waals surface area (Å²) in [6, 6.07) is 18.8. The second-order valence-corrected chi connectivity index (χ2v) is 7.39. The van der Waals surface area contributed by atoms with Crippen LogP contribution in [0.2, 0.25) is 0 Å². The molecule has 148 valence electrons. The van der Waals surface area contributed by atoms with Gasteiger partial charge in [0.05, 0.1) is 17.1 Å². The molecule has 1 saturated heterocycles. The maximum atomic E-state index is 13.8. The Morgan fingerprint density at radius 1 is 1.00 bits per heavy atom. The number of hydrogen-bond donors (Lipinski definition) is 2. The lowest BCUT2D eigenvalue weighted by molar-refractivity contribution is 0.162. The van der Waals surface area contributed by atoms with Gasteiger partial charge in [-0.1, -0.05) is 6.07 Å². The van der Waals surface area contributed by atoms with Crippen LogP contribution in [-0.2, 0) is 0 Å². The van der Waals surface area contributed by atoms with Gasteiger partial charge in [-0.05, 0) is 80.5 Å². The minimum atomic E-state index is -0.261. The maximum Gasteiger partial charge on any atom is 0.147 e. The number of nitrogens with zero attached hydrogens (tertiary/aromatic N) is 2. The fourth-order valence-corrected chi connectivity index (χ4v) is 4.01. The van der Waals surface area contributed by atoms with E-state index in [-0.39, 0.29) is 18.1 Å². The van der Waals surface area contributed by atoms with Crippen molar-refractivity contribution in [3.05, 3.63) is 78.4 Å². The van der Waals surface area contributed by atoms with Crippen molar-refractivity contribution in [1.82, 2.24) is 10.3 Å². The van der Waals surface area contributed by atoms with Crippen molar-refractivity contribution in [1.29, 1.82) is 0 Å². The van der Waals surface area contributed by atoms with Gasteiger partial charge in [-0.25, -0.2) is 4.39 Å². The first-order valence-corrected chi connectivity index (χ1v) is 10.0. The predicted molar refractivity (Wildman–Crippen MR) is 112 cm³/mol. The number of hydrogen-bond acceptors (Lipinski definition) is 5. The van der Waals surface area contributed by atoms with E-state index in [0.717, 1.165) is 54.4 Å². The van der Waals surface area contributed by atoms with Crippen LogP contribution in [0.4, 0.5) is 21.5 Å². The number of nitrogens with one attached hydrogen (secondary N) is 2. The van der Waals surface area contributed by atoms with Crippen molar-refractivity contribution < 1.29 is 9.13 Å². The van der Waals surface area contributed by atoms with E-state index >= 15 is 0 Å². The van der Waals surface area contributed by atoms with E-state index in [2.05, 4.69) is 20.5 Å². The van der Waals surface area contributed by atoms with Gasteiger partial charge in [-0.15, -0.1) is 0 Å². The second kappa shape index (κ2) is 7.72. The van der Waals surface area contributed by atoms with Crippen LogP contribution in [0.25, 0.3) is 0 Å². The quantitative estimate of drug-likeness (QED) is 0.681. The molecule has 1 atom stereocenters. The number of halogens is 1. The van der Waals surface area contributed by atoms with Crippen LogP contribution in [0.5, 0.6) is 5.75 Å². The molecule has 0 radical (unpaired) electrons. The molecule has 2 aromatic carbocycles. The van der Waals surface area contributed by atoms with Crippen molar-refractivity contribution >= 4 is 17.1 Å². The number of pyridine rings is 1. The topological polar surface area (TPSA) is 49.4 Å². The summed E-state index contributed by atoms with van der Waals surface area (Å²) in [6.45, 7) is 2.00. The molecule has 1 unspecified atom stereocenters. The summed E-state index contributed by atoms with van der Waals surface area (Å²) in [5.41, 5.74) is 3.56. The van der Waals surface area contributed by atoms with Gasteiger partial charge < -0.3 is 20.3 Å². The van der Waals surface area contributed by atoms with Gasteiger partial charge in [-0.3, -0.25) is 4.98 Å². The molecule has 0 saturated carbocycles. The average molecular weight is 390 g/mol. The van der Waals surface area contributed by atoms with Crippen LogP contribution >= 0.6 is 0 Å². The summed E-state index contributed by atoms with van der Waals surface area (Å²) in [4.78, 5) is 6.65. The third-order valence-electron chi connectivity index (χ3n) is 5.44. The normalized spacial score (nSPS) is 18.9. The Morgan fingerprint density at radius 3 is 2.59 bits per heavy atom. The van der Waals surface area contributed by atoms with Crippen LogP contribution in [-0.4, -0.2) is 24.2 Å². The highest BCUT2D eigenvalue weighted by Crippen LogP contribution is 2.45. The number of piperidine rings is 1. The summed E-state index contributed by atoms with van der Waals surface area (Å²) in [5, 5.41) is 6.76. The predicted octanol–water partition coefficient (Wildman–Crippen LogP) is 4.61. The summed E-state index contributed by atoms with van der Waals surface area (Å²) in [7, 11) is 0. The number of rotatable bonds is 4. The minimum Gasteiger partial charge on any atom is -0.490 e. The third-order valence-corrected chi connectivity index (χ3v) is 5.44. The van der Waals surface area contributed by atoms with E-state index < -0.39 is 0 Å². The number of aromatic nitrogens is 1. The minimum absolute atomic E-state index is 0.204. The molecule has 1 aromatic heterocycles. The molecule has 5 rings (SSSR count). The summed E-state index contributed by atoms with van der Waals surface area (Å²) in [5.74, 6) is 0.616. The molecule has 29 heavy (non-hydrogen) atoms. The van der Waals surface area contributed by atoms with E-state index in [9.17, 15) is 4.39 Å². The monoisotopic (exact) mass is 390 g/mol. The zero-order valence-corrected chi connectivity index (χ0v) is 16.0.